The van der Waals surface area contributed by atoms with Crippen LogP contribution in [0.3, 0.4) is 0 Å². The van der Waals surface area contributed by atoms with Gasteiger partial charge in [0.2, 0.25) is 0 Å². The van der Waals surface area contributed by atoms with E-state index in [1.54, 1.807) is 0 Å². The van der Waals surface area contributed by atoms with Gasteiger partial charge in [0.15, 0.2) is 0 Å². The largest absolute Gasteiger partial charge is 0.386 e. The third kappa shape index (κ3) is 2.19. The van der Waals surface area contributed by atoms with Crippen molar-refractivity contribution in [3.8, 4) is 0 Å². The first-order valence-electron chi connectivity index (χ1n) is 7.48. The molecule has 1 unspecified atom stereocenters. The summed E-state index contributed by atoms with van der Waals surface area (Å²) in [6.45, 7) is -5.93. The maximum absolute atomic E-state index is 9.95. The first-order valence-corrected chi connectivity index (χ1v) is 3.48. The molecule has 0 saturated heterocycles. The lowest BCUT2D eigenvalue weighted by molar-refractivity contribution is 0.0903. The van der Waals surface area contributed by atoms with Gasteiger partial charge >= 0.3 is 0 Å². The molecule has 11 heavy (non-hydrogen) atoms. The molecule has 2 atom stereocenters. The first-order chi connectivity index (χ1) is 8.38. The van der Waals surface area contributed by atoms with Crippen molar-refractivity contribution in [1.29, 1.82) is 0 Å². The van der Waals surface area contributed by atoms with Crippen molar-refractivity contribution in [3.05, 3.63) is 24.3 Å². The van der Waals surface area contributed by atoms with E-state index in [2.05, 4.69) is 0 Å². The lowest BCUT2D eigenvalue weighted by atomic mass is 9.84. The van der Waals surface area contributed by atoms with Gasteiger partial charge in [0.1, 0.15) is 0 Å². The molecule has 0 aromatic heterocycles. The highest BCUT2D eigenvalue weighted by atomic mass is 16.3. The van der Waals surface area contributed by atoms with Crippen molar-refractivity contribution >= 4 is 0 Å². The van der Waals surface area contributed by atoms with Crippen LogP contribution in [-0.2, 0) is 0 Å². The highest BCUT2D eigenvalue weighted by Crippen LogP contribution is 2.28. The number of hydrogen-bond acceptors (Lipinski definition) is 1. The Hall–Kier alpha value is -0.560. The molecule has 0 amide bonds. The van der Waals surface area contributed by atoms with Crippen LogP contribution in [0.4, 0.5) is 0 Å². The van der Waals surface area contributed by atoms with Crippen molar-refractivity contribution in [1.82, 2.24) is 0 Å². The topological polar surface area (TPSA) is 20.2 Å². The minimum Gasteiger partial charge on any atom is -0.386 e. The van der Waals surface area contributed by atoms with Crippen LogP contribution in [0.1, 0.15) is 37.5 Å². The van der Waals surface area contributed by atoms with Gasteiger partial charge in [-0.15, -0.1) is 0 Å². The molecule has 1 rings (SSSR count). The SMILES string of the molecule is [2H]C([2H])=C([C@H]1C=CC(O)(C([2H])([2H])[2H])CC1)C([2H])([2H])[2H]. The fraction of sp³-hybridized carbons (Fsp3) is 0.600. The Bertz CT molecular complexity index is 401. The summed E-state index contributed by atoms with van der Waals surface area (Å²) in [4.78, 5) is 0. The second kappa shape index (κ2) is 2.82. The molecule has 0 heterocycles. The molecule has 0 spiro atoms. The van der Waals surface area contributed by atoms with Crippen LogP contribution in [0.25, 0.3) is 0 Å². The van der Waals surface area contributed by atoms with Crippen molar-refractivity contribution in [2.75, 3.05) is 0 Å². The monoisotopic (exact) mass is 160 g/mol. The minimum atomic E-state index is -2.58. The molecule has 0 aromatic carbocycles. The van der Waals surface area contributed by atoms with E-state index in [4.69, 9.17) is 11.0 Å². The van der Waals surface area contributed by atoms with Crippen molar-refractivity contribution in [2.45, 2.75) is 32.1 Å². The van der Waals surface area contributed by atoms with Crippen LogP contribution < -0.4 is 0 Å². The van der Waals surface area contributed by atoms with Crippen molar-refractivity contribution in [2.24, 2.45) is 5.92 Å². The van der Waals surface area contributed by atoms with E-state index in [-0.39, 0.29) is 18.4 Å². The molecule has 62 valence electrons. The summed E-state index contributed by atoms with van der Waals surface area (Å²) in [5, 5.41) is 9.95. The summed E-state index contributed by atoms with van der Waals surface area (Å²) in [5.41, 5.74) is -2.29. The predicted molar refractivity (Wildman–Crippen MR) is 47.3 cm³/mol. The van der Waals surface area contributed by atoms with E-state index in [0.717, 1.165) is 6.08 Å². The van der Waals surface area contributed by atoms with Gasteiger partial charge in [-0.1, -0.05) is 24.3 Å². The zero-order valence-corrected chi connectivity index (χ0v) is 6.09. The van der Waals surface area contributed by atoms with Crippen LogP contribution >= 0.6 is 0 Å². The zero-order chi connectivity index (χ0) is 15.1. The Morgan fingerprint density at radius 2 is 2.91 bits per heavy atom. The summed E-state index contributed by atoms with van der Waals surface area (Å²) in [6.07, 6.45) is 2.31. The molecular weight excluding hydrogens is 136 g/mol. The smallest absolute Gasteiger partial charge is 0.0800 e. The molecule has 1 heteroatoms. The van der Waals surface area contributed by atoms with Gasteiger partial charge in [0, 0.05) is 8.22 Å². The van der Waals surface area contributed by atoms with E-state index in [9.17, 15) is 5.11 Å². The van der Waals surface area contributed by atoms with Gasteiger partial charge in [-0.3, -0.25) is 0 Å². The fourth-order valence-corrected chi connectivity index (χ4v) is 1.07. The van der Waals surface area contributed by atoms with Crippen LogP contribution in [0.5, 0.6) is 0 Å². The molecule has 1 aliphatic rings. The summed E-state index contributed by atoms with van der Waals surface area (Å²) in [5.74, 6) is -0.708. The normalized spacial score (nSPS) is 49.7. The summed E-state index contributed by atoms with van der Waals surface area (Å²) < 4.78 is 58.1. The van der Waals surface area contributed by atoms with Gasteiger partial charge in [-0.05, 0) is 32.5 Å². The molecule has 0 bridgehead atoms. The van der Waals surface area contributed by atoms with Gasteiger partial charge in [-0.25, -0.2) is 0 Å². The van der Waals surface area contributed by atoms with Gasteiger partial charge in [0.05, 0.1) is 8.34 Å². The minimum absolute atomic E-state index is 0.0837. The van der Waals surface area contributed by atoms with Crippen molar-refractivity contribution in [3.63, 3.8) is 0 Å². The van der Waals surface area contributed by atoms with Gasteiger partial charge in [0.25, 0.3) is 0 Å². The Morgan fingerprint density at radius 3 is 3.36 bits per heavy atom. The fourth-order valence-electron chi connectivity index (χ4n) is 1.07. The first kappa shape index (κ1) is 2.74. The number of allylic oxidation sites excluding steroid dienone is 2. The second-order valence-electron chi connectivity index (χ2n) is 2.84. The van der Waals surface area contributed by atoms with Crippen LogP contribution in [-0.4, -0.2) is 10.7 Å². The summed E-state index contributed by atoms with van der Waals surface area (Å²) >= 11 is 0. The van der Waals surface area contributed by atoms with Crippen molar-refractivity contribution < 1.29 is 16.1 Å². The Kier molecular flexibility index (Phi) is 0.702. The average molecular weight is 160 g/mol. The van der Waals surface area contributed by atoms with E-state index in [1.165, 1.54) is 6.08 Å². The summed E-state index contributed by atoms with van der Waals surface area (Å²) in [7, 11) is 0. The number of rotatable bonds is 1. The highest BCUT2D eigenvalue weighted by Gasteiger charge is 2.23. The standard InChI is InChI=1S/C10H16O/c1-8(2)9-4-6-10(3,11)7-5-9/h4,6,9,11H,1,5,7H2,2-3H3/t9-,10?/m0/s1/i1D2,2D3,3D3. The lowest BCUT2D eigenvalue weighted by Gasteiger charge is -2.27. The zero-order valence-electron chi connectivity index (χ0n) is 14.1. The highest BCUT2D eigenvalue weighted by molar-refractivity contribution is 5.14. The maximum atomic E-state index is 9.95. The predicted octanol–water partition coefficient (Wildman–Crippen LogP) is 2.28. The Balaban J connectivity index is 3.06. The summed E-state index contributed by atoms with van der Waals surface area (Å²) in [6, 6.07) is 0. The van der Waals surface area contributed by atoms with Gasteiger partial charge < -0.3 is 5.11 Å². The third-order valence-electron chi connectivity index (χ3n) is 1.81. The average Bonchev–Trinajstić information content (AvgIpc) is 2.17. The van der Waals surface area contributed by atoms with Gasteiger partial charge in [-0.2, -0.15) is 0 Å². The number of aliphatic hydroxyl groups is 1. The molecule has 0 saturated carbocycles. The van der Waals surface area contributed by atoms with E-state index in [1.807, 2.05) is 0 Å². The van der Waals surface area contributed by atoms with E-state index >= 15 is 0 Å². The van der Waals surface area contributed by atoms with Crippen LogP contribution in [0.2, 0.25) is 0 Å². The van der Waals surface area contributed by atoms with E-state index < -0.39 is 31.8 Å². The second-order valence-corrected chi connectivity index (χ2v) is 2.84. The molecule has 0 fully saturated rings. The Labute approximate surface area is 79.7 Å². The molecule has 0 aliphatic heterocycles. The van der Waals surface area contributed by atoms with E-state index in [0.29, 0.717) is 0 Å². The molecule has 1 nitrogen and oxygen atoms in total. The third-order valence-corrected chi connectivity index (χ3v) is 1.81. The maximum Gasteiger partial charge on any atom is 0.0800 e. The quantitative estimate of drug-likeness (QED) is 0.583. The lowest BCUT2D eigenvalue weighted by Crippen LogP contribution is -2.25. The molecule has 0 radical (unpaired) electrons. The number of hydrogen-bond donors (Lipinski definition) is 1. The molecule has 1 aliphatic carbocycles. The van der Waals surface area contributed by atoms with Crippen LogP contribution in [0.15, 0.2) is 24.3 Å². The molecular formula is C10H16O. The Morgan fingerprint density at radius 1 is 2.00 bits per heavy atom. The van der Waals surface area contributed by atoms with Crippen LogP contribution in [0, 0.1) is 5.92 Å². The molecule has 0 aromatic rings. The molecule has 1 N–H and O–H groups in total.